The maximum absolute atomic E-state index is 13.4. The molecule has 210 valence electrons. The summed E-state index contributed by atoms with van der Waals surface area (Å²) in [4.78, 5) is 28.4. The van der Waals surface area contributed by atoms with Crippen LogP contribution in [0.3, 0.4) is 0 Å². The highest BCUT2D eigenvalue weighted by Gasteiger charge is 2.28. The van der Waals surface area contributed by atoms with Gasteiger partial charge in [-0.15, -0.1) is 11.3 Å². The molecule has 0 saturated carbocycles. The number of anilines is 3. The first-order valence-electron chi connectivity index (χ1n) is 13.7. The molecule has 43 heavy (non-hydrogen) atoms. The number of benzene rings is 4. The summed E-state index contributed by atoms with van der Waals surface area (Å²) in [6, 6.07) is 35.8. The lowest BCUT2D eigenvalue weighted by molar-refractivity contribution is 0.103. The Bertz CT molecular complexity index is 1920. The first-order chi connectivity index (χ1) is 21.1. The first-order valence-corrected chi connectivity index (χ1v) is 14.5. The summed E-state index contributed by atoms with van der Waals surface area (Å²) in [7, 11) is 3.32. The molecule has 0 unspecified atom stereocenters. The van der Waals surface area contributed by atoms with E-state index in [1.807, 2.05) is 89.6 Å². The van der Waals surface area contributed by atoms with Crippen molar-refractivity contribution in [2.75, 3.05) is 19.1 Å². The molecule has 1 aliphatic rings. The van der Waals surface area contributed by atoms with Crippen LogP contribution in [0.4, 0.5) is 17.1 Å². The summed E-state index contributed by atoms with van der Waals surface area (Å²) >= 11 is 1.42. The van der Waals surface area contributed by atoms with E-state index in [-0.39, 0.29) is 5.78 Å². The molecule has 0 amide bonds. The Morgan fingerprint density at radius 3 is 1.81 bits per heavy atom. The van der Waals surface area contributed by atoms with E-state index in [0.29, 0.717) is 16.1 Å². The number of hydrogen-bond donors (Lipinski definition) is 0. The lowest BCUT2D eigenvalue weighted by atomic mass is 10.0. The number of aldehydes is 1. The molecular weight excluding hydrogens is 556 g/mol. The zero-order valence-corrected chi connectivity index (χ0v) is 24.3. The number of carbonyl (C=O) groups is 2. The van der Waals surface area contributed by atoms with Crippen molar-refractivity contribution in [3.63, 3.8) is 0 Å². The third-order valence-corrected chi connectivity index (χ3v) is 8.76. The zero-order valence-electron chi connectivity index (χ0n) is 23.5. The average molecular weight is 583 g/mol. The predicted octanol–water partition coefficient (Wildman–Crippen LogP) is 8.72. The van der Waals surface area contributed by atoms with Crippen LogP contribution in [-0.2, 0) is 0 Å². The molecule has 0 atom stereocenters. The fraction of sp³-hybridized carbons (Fsp3) is 0.0556. The van der Waals surface area contributed by atoms with Crippen LogP contribution >= 0.6 is 11.3 Å². The lowest BCUT2D eigenvalue weighted by Crippen LogP contribution is -2.09. The summed E-state index contributed by atoms with van der Waals surface area (Å²) in [6.45, 7) is 0. The van der Waals surface area contributed by atoms with Crippen LogP contribution in [0.15, 0.2) is 115 Å². The van der Waals surface area contributed by atoms with Gasteiger partial charge in [-0.3, -0.25) is 9.59 Å². The number of hydrogen-bond acceptors (Lipinski definition) is 6. The molecule has 1 aliphatic heterocycles. The molecule has 0 radical (unpaired) electrons. The number of carbonyl (C=O) groups excluding carboxylic acids is 2. The van der Waals surface area contributed by atoms with Crippen molar-refractivity contribution in [3.8, 4) is 38.8 Å². The fourth-order valence-electron chi connectivity index (χ4n) is 5.50. The van der Waals surface area contributed by atoms with Crippen molar-refractivity contribution in [1.82, 2.24) is 4.57 Å². The van der Waals surface area contributed by atoms with Gasteiger partial charge < -0.3 is 18.9 Å². The summed E-state index contributed by atoms with van der Waals surface area (Å²) in [5, 5.41) is 0. The fourth-order valence-corrected chi connectivity index (χ4v) is 6.32. The van der Waals surface area contributed by atoms with Crippen LogP contribution in [0.2, 0.25) is 0 Å². The van der Waals surface area contributed by atoms with Crippen LogP contribution < -0.4 is 14.4 Å². The van der Waals surface area contributed by atoms with Gasteiger partial charge >= 0.3 is 0 Å². The predicted molar refractivity (Wildman–Crippen MR) is 171 cm³/mol. The van der Waals surface area contributed by atoms with E-state index >= 15 is 0 Å². The molecule has 0 aliphatic carbocycles. The molecule has 0 N–H and O–H groups in total. The molecule has 6 aromatic rings. The Balaban J connectivity index is 1.20. The van der Waals surface area contributed by atoms with Gasteiger partial charge in [0, 0.05) is 39.3 Å². The second kappa shape index (κ2) is 10.8. The molecule has 2 aromatic heterocycles. The SMILES string of the molecule is COc1ccc(N(c2ccc(OC)cc2)c2ccc(-c3cc4n(c3)-c3ccc(-c5ccc(C=O)s5)cc3C4=O)cc2)cc1. The first kappa shape index (κ1) is 26.5. The second-order valence-corrected chi connectivity index (χ2v) is 11.3. The van der Waals surface area contributed by atoms with Crippen LogP contribution in [0.5, 0.6) is 11.5 Å². The Morgan fingerprint density at radius 1 is 0.674 bits per heavy atom. The molecule has 6 nitrogen and oxygen atoms in total. The summed E-state index contributed by atoms with van der Waals surface area (Å²) in [5.41, 5.74) is 8.08. The number of thiophene rings is 1. The average Bonchev–Trinajstić information content (AvgIpc) is 3.79. The number of ketones is 1. The molecule has 0 spiro atoms. The normalized spacial score (nSPS) is 11.6. The van der Waals surface area contributed by atoms with E-state index in [0.717, 1.165) is 62.1 Å². The quantitative estimate of drug-likeness (QED) is 0.168. The van der Waals surface area contributed by atoms with Crippen LogP contribution in [0.25, 0.3) is 27.3 Å². The van der Waals surface area contributed by atoms with Crippen molar-refractivity contribution in [1.29, 1.82) is 0 Å². The Kier molecular flexibility index (Phi) is 6.64. The molecule has 7 heteroatoms. The monoisotopic (exact) mass is 582 g/mol. The number of nitrogens with zero attached hydrogens (tertiary/aromatic N) is 2. The summed E-state index contributed by atoms with van der Waals surface area (Å²) in [6.07, 6.45) is 2.87. The minimum atomic E-state index is -0.00271. The number of aromatic nitrogens is 1. The molecule has 3 heterocycles. The highest BCUT2D eigenvalue weighted by atomic mass is 32.1. The van der Waals surface area contributed by atoms with Gasteiger partial charge in [-0.05, 0) is 102 Å². The standard InChI is InChI=1S/C36H26N2O4S/c1-41-29-12-8-27(9-13-29)38(28-10-14-30(42-2)15-11-28)26-6-3-23(4-7-26)25-20-34-36(40)32-19-24(5-17-33(32)37(34)21-25)35-18-16-31(22-39)43-35/h3-22H,1-2H3. The van der Waals surface area contributed by atoms with E-state index in [1.165, 1.54) is 11.3 Å². The lowest BCUT2D eigenvalue weighted by Gasteiger charge is -2.26. The van der Waals surface area contributed by atoms with Gasteiger partial charge in [0.15, 0.2) is 6.29 Å². The zero-order chi connectivity index (χ0) is 29.5. The maximum Gasteiger partial charge on any atom is 0.211 e. The minimum absolute atomic E-state index is 0.00271. The summed E-state index contributed by atoms with van der Waals surface area (Å²) in [5.74, 6) is 1.58. The highest BCUT2D eigenvalue weighted by molar-refractivity contribution is 7.17. The van der Waals surface area contributed by atoms with Crippen molar-refractivity contribution in [2.24, 2.45) is 0 Å². The van der Waals surface area contributed by atoms with E-state index in [4.69, 9.17) is 9.47 Å². The van der Waals surface area contributed by atoms with Gasteiger partial charge in [0.2, 0.25) is 5.78 Å². The third-order valence-electron chi connectivity index (χ3n) is 7.70. The molecule has 7 rings (SSSR count). The molecule has 4 aromatic carbocycles. The van der Waals surface area contributed by atoms with E-state index in [2.05, 4.69) is 29.2 Å². The minimum Gasteiger partial charge on any atom is -0.497 e. The number of fused-ring (bicyclic) bond motifs is 3. The van der Waals surface area contributed by atoms with Gasteiger partial charge in [-0.2, -0.15) is 0 Å². The smallest absolute Gasteiger partial charge is 0.211 e. The number of methoxy groups -OCH3 is 2. The third kappa shape index (κ3) is 4.70. The number of rotatable bonds is 8. The van der Waals surface area contributed by atoms with E-state index in [9.17, 15) is 9.59 Å². The van der Waals surface area contributed by atoms with Crippen LogP contribution in [0, 0.1) is 0 Å². The van der Waals surface area contributed by atoms with Gasteiger partial charge in [0.25, 0.3) is 0 Å². The van der Waals surface area contributed by atoms with Crippen molar-refractivity contribution in [3.05, 3.63) is 132 Å². The van der Waals surface area contributed by atoms with Crippen molar-refractivity contribution < 1.29 is 19.1 Å². The molecule has 0 saturated heterocycles. The van der Waals surface area contributed by atoms with Gasteiger partial charge in [0.05, 0.1) is 30.5 Å². The van der Waals surface area contributed by atoms with Crippen molar-refractivity contribution in [2.45, 2.75) is 0 Å². The summed E-state index contributed by atoms with van der Waals surface area (Å²) < 4.78 is 12.7. The van der Waals surface area contributed by atoms with Crippen LogP contribution in [0.1, 0.15) is 25.7 Å². The van der Waals surface area contributed by atoms with Crippen LogP contribution in [-0.4, -0.2) is 30.9 Å². The maximum atomic E-state index is 13.4. The van der Waals surface area contributed by atoms with Gasteiger partial charge in [-0.25, -0.2) is 0 Å². The highest BCUT2D eigenvalue weighted by Crippen LogP contribution is 2.39. The Morgan fingerprint density at radius 2 is 1.26 bits per heavy atom. The largest absolute Gasteiger partial charge is 0.497 e. The molecule has 0 fully saturated rings. The Hall–Kier alpha value is -5.40. The second-order valence-electron chi connectivity index (χ2n) is 10.1. The van der Waals surface area contributed by atoms with Gasteiger partial charge in [0.1, 0.15) is 11.5 Å². The molecular formula is C36H26N2O4S. The van der Waals surface area contributed by atoms with E-state index < -0.39 is 0 Å². The molecule has 0 bridgehead atoms. The topological polar surface area (TPSA) is 60.8 Å². The van der Waals surface area contributed by atoms with Crippen molar-refractivity contribution >= 4 is 40.5 Å². The Labute approximate surface area is 253 Å². The van der Waals surface area contributed by atoms with Gasteiger partial charge in [-0.1, -0.05) is 18.2 Å². The number of ether oxygens (including phenoxy) is 2. The van der Waals surface area contributed by atoms with E-state index in [1.54, 1.807) is 20.3 Å².